The first-order valence-electron chi connectivity index (χ1n) is 6.73. The minimum absolute atomic E-state index is 0.315. The zero-order valence-electron chi connectivity index (χ0n) is 11.7. The Labute approximate surface area is 110 Å². The maximum absolute atomic E-state index is 5.52. The van der Waals surface area contributed by atoms with Gasteiger partial charge in [-0.2, -0.15) is 0 Å². The Bertz CT molecular complexity index is 328. The second-order valence-electron chi connectivity index (χ2n) is 4.42. The lowest BCUT2D eigenvalue weighted by atomic mass is 10.1. The van der Waals surface area contributed by atoms with E-state index in [2.05, 4.69) is 31.3 Å². The number of methoxy groups -OCH3 is 1. The molecule has 102 valence electrons. The van der Waals surface area contributed by atoms with E-state index in [1.807, 2.05) is 12.1 Å². The van der Waals surface area contributed by atoms with E-state index in [-0.39, 0.29) is 0 Å². The van der Waals surface area contributed by atoms with Crippen molar-refractivity contribution in [1.82, 2.24) is 5.32 Å². The van der Waals surface area contributed by atoms with Crippen molar-refractivity contribution in [1.29, 1.82) is 0 Å². The number of benzene rings is 1. The molecule has 0 bridgehead atoms. The van der Waals surface area contributed by atoms with Crippen molar-refractivity contribution < 1.29 is 9.47 Å². The first-order chi connectivity index (χ1) is 8.77. The zero-order valence-corrected chi connectivity index (χ0v) is 11.7. The number of nitrogens with one attached hydrogen (secondary N) is 1. The van der Waals surface area contributed by atoms with Crippen LogP contribution in [0.15, 0.2) is 24.3 Å². The average molecular weight is 251 g/mol. The first kappa shape index (κ1) is 15.0. The van der Waals surface area contributed by atoms with Gasteiger partial charge < -0.3 is 14.8 Å². The molecule has 0 saturated heterocycles. The van der Waals surface area contributed by atoms with Gasteiger partial charge in [0.2, 0.25) is 0 Å². The third-order valence-corrected chi connectivity index (χ3v) is 2.93. The Balaban J connectivity index is 2.25. The van der Waals surface area contributed by atoms with Gasteiger partial charge in [0.15, 0.2) is 0 Å². The Hall–Kier alpha value is -1.06. The molecule has 1 N–H and O–H groups in total. The summed E-state index contributed by atoms with van der Waals surface area (Å²) in [4.78, 5) is 0. The standard InChI is InChI=1S/C15H25NO2/c1-4-5-10-18-11-9-16-13(2)14-7-6-8-15(12-14)17-3/h6-8,12-13,16H,4-5,9-11H2,1-3H3/t13-/m1/s1. The molecule has 1 rings (SSSR count). The van der Waals surface area contributed by atoms with Crippen molar-refractivity contribution in [2.75, 3.05) is 26.9 Å². The van der Waals surface area contributed by atoms with Crippen LogP contribution in [0.5, 0.6) is 5.75 Å². The fraction of sp³-hybridized carbons (Fsp3) is 0.600. The summed E-state index contributed by atoms with van der Waals surface area (Å²) in [7, 11) is 1.69. The maximum Gasteiger partial charge on any atom is 0.119 e. The Morgan fingerprint density at radius 3 is 2.83 bits per heavy atom. The van der Waals surface area contributed by atoms with Crippen LogP contribution in [0.4, 0.5) is 0 Å². The van der Waals surface area contributed by atoms with Crippen molar-refractivity contribution >= 4 is 0 Å². The molecule has 0 aromatic heterocycles. The molecular weight excluding hydrogens is 226 g/mol. The molecule has 3 nitrogen and oxygen atoms in total. The van der Waals surface area contributed by atoms with Gasteiger partial charge in [0, 0.05) is 19.2 Å². The van der Waals surface area contributed by atoms with Crippen molar-refractivity contribution in [2.24, 2.45) is 0 Å². The lowest BCUT2D eigenvalue weighted by Gasteiger charge is -2.15. The number of ether oxygens (including phenoxy) is 2. The highest BCUT2D eigenvalue weighted by Gasteiger charge is 2.05. The summed E-state index contributed by atoms with van der Waals surface area (Å²) in [6.45, 7) is 6.84. The van der Waals surface area contributed by atoms with Gasteiger partial charge in [-0.1, -0.05) is 25.5 Å². The van der Waals surface area contributed by atoms with E-state index in [4.69, 9.17) is 9.47 Å². The lowest BCUT2D eigenvalue weighted by molar-refractivity contribution is 0.131. The normalized spacial score (nSPS) is 12.4. The Morgan fingerprint density at radius 1 is 1.28 bits per heavy atom. The summed E-state index contributed by atoms with van der Waals surface area (Å²) < 4.78 is 10.7. The number of hydrogen-bond donors (Lipinski definition) is 1. The highest BCUT2D eigenvalue weighted by Crippen LogP contribution is 2.18. The van der Waals surface area contributed by atoms with E-state index in [1.165, 1.54) is 12.0 Å². The summed E-state index contributed by atoms with van der Waals surface area (Å²) in [5, 5.41) is 3.45. The predicted molar refractivity (Wildman–Crippen MR) is 75.1 cm³/mol. The van der Waals surface area contributed by atoms with Crippen LogP contribution in [0, 0.1) is 0 Å². The van der Waals surface area contributed by atoms with Gasteiger partial charge in [-0.05, 0) is 31.0 Å². The topological polar surface area (TPSA) is 30.5 Å². The van der Waals surface area contributed by atoms with Gasteiger partial charge in [0.05, 0.1) is 13.7 Å². The summed E-state index contributed by atoms with van der Waals surface area (Å²) in [5.74, 6) is 0.903. The van der Waals surface area contributed by atoms with Gasteiger partial charge in [0.25, 0.3) is 0 Å². The molecule has 0 spiro atoms. The highest BCUT2D eigenvalue weighted by molar-refractivity contribution is 5.30. The SMILES string of the molecule is CCCCOCCN[C@H](C)c1cccc(OC)c1. The van der Waals surface area contributed by atoms with E-state index in [9.17, 15) is 0 Å². The lowest BCUT2D eigenvalue weighted by Crippen LogP contribution is -2.23. The van der Waals surface area contributed by atoms with Crippen LogP contribution in [-0.2, 0) is 4.74 Å². The predicted octanol–water partition coefficient (Wildman–Crippen LogP) is 3.16. The van der Waals surface area contributed by atoms with Crippen LogP contribution in [0.25, 0.3) is 0 Å². The van der Waals surface area contributed by atoms with Crippen LogP contribution in [0.3, 0.4) is 0 Å². The van der Waals surface area contributed by atoms with Crippen LogP contribution in [0.1, 0.15) is 38.3 Å². The van der Waals surface area contributed by atoms with Crippen molar-refractivity contribution in [2.45, 2.75) is 32.7 Å². The van der Waals surface area contributed by atoms with E-state index in [0.717, 1.165) is 31.9 Å². The van der Waals surface area contributed by atoms with Gasteiger partial charge in [-0.3, -0.25) is 0 Å². The molecule has 0 aliphatic heterocycles. The molecule has 0 unspecified atom stereocenters. The molecule has 0 saturated carbocycles. The summed E-state index contributed by atoms with van der Waals surface area (Å²) in [6, 6.07) is 8.47. The van der Waals surface area contributed by atoms with E-state index in [0.29, 0.717) is 6.04 Å². The summed E-state index contributed by atoms with van der Waals surface area (Å²) in [6.07, 6.45) is 2.33. The number of unbranched alkanes of at least 4 members (excludes halogenated alkanes) is 1. The van der Waals surface area contributed by atoms with E-state index in [1.54, 1.807) is 7.11 Å². The van der Waals surface area contributed by atoms with Crippen LogP contribution in [0.2, 0.25) is 0 Å². The van der Waals surface area contributed by atoms with Crippen molar-refractivity contribution in [3.05, 3.63) is 29.8 Å². The van der Waals surface area contributed by atoms with Gasteiger partial charge in [-0.25, -0.2) is 0 Å². The largest absolute Gasteiger partial charge is 0.497 e. The van der Waals surface area contributed by atoms with Crippen LogP contribution in [-0.4, -0.2) is 26.9 Å². The molecular formula is C15H25NO2. The van der Waals surface area contributed by atoms with Crippen LogP contribution >= 0.6 is 0 Å². The molecule has 18 heavy (non-hydrogen) atoms. The second kappa shape index (κ2) is 8.95. The van der Waals surface area contributed by atoms with Gasteiger partial charge in [0.1, 0.15) is 5.75 Å². The third-order valence-electron chi connectivity index (χ3n) is 2.93. The molecule has 0 aliphatic rings. The average Bonchev–Trinajstić information content (AvgIpc) is 2.42. The Kier molecular flexibility index (Phi) is 7.46. The summed E-state index contributed by atoms with van der Waals surface area (Å²) >= 11 is 0. The monoisotopic (exact) mass is 251 g/mol. The molecule has 0 aliphatic carbocycles. The van der Waals surface area contributed by atoms with Crippen molar-refractivity contribution in [3.8, 4) is 5.75 Å². The quantitative estimate of drug-likeness (QED) is 0.684. The minimum atomic E-state index is 0.315. The minimum Gasteiger partial charge on any atom is -0.497 e. The molecule has 0 heterocycles. The van der Waals surface area contributed by atoms with E-state index >= 15 is 0 Å². The fourth-order valence-corrected chi connectivity index (χ4v) is 1.72. The van der Waals surface area contributed by atoms with E-state index < -0.39 is 0 Å². The first-order valence-corrected chi connectivity index (χ1v) is 6.73. The summed E-state index contributed by atoms with van der Waals surface area (Å²) in [5.41, 5.74) is 1.24. The molecule has 3 heteroatoms. The smallest absolute Gasteiger partial charge is 0.119 e. The van der Waals surface area contributed by atoms with Crippen LogP contribution < -0.4 is 10.1 Å². The second-order valence-corrected chi connectivity index (χ2v) is 4.42. The van der Waals surface area contributed by atoms with Gasteiger partial charge in [-0.15, -0.1) is 0 Å². The molecule has 0 radical (unpaired) electrons. The third kappa shape index (κ3) is 5.52. The Morgan fingerprint density at radius 2 is 2.11 bits per heavy atom. The maximum atomic E-state index is 5.52. The van der Waals surface area contributed by atoms with Crippen molar-refractivity contribution in [3.63, 3.8) is 0 Å². The number of rotatable bonds is 9. The van der Waals surface area contributed by atoms with Gasteiger partial charge >= 0.3 is 0 Å². The fourth-order valence-electron chi connectivity index (χ4n) is 1.72. The molecule has 1 aromatic carbocycles. The molecule has 0 amide bonds. The zero-order chi connectivity index (χ0) is 13.2. The molecule has 0 fully saturated rings. The molecule has 1 atom stereocenters. The molecule has 1 aromatic rings. The highest BCUT2D eigenvalue weighted by atomic mass is 16.5. The number of hydrogen-bond acceptors (Lipinski definition) is 3.